The van der Waals surface area contributed by atoms with Crippen molar-refractivity contribution >= 4 is 17.4 Å². The smallest absolute Gasteiger partial charge is 0.303 e. The van der Waals surface area contributed by atoms with E-state index in [0.717, 1.165) is 5.69 Å². The summed E-state index contributed by atoms with van der Waals surface area (Å²) in [5.41, 5.74) is 6.90. The highest BCUT2D eigenvalue weighted by Crippen LogP contribution is 2.09. The van der Waals surface area contributed by atoms with Gasteiger partial charge in [-0.05, 0) is 0 Å². The van der Waals surface area contributed by atoms with E-state index < -0.39 is 5.97 Å². The largest absolute Gasteiger partial charge is 0.481 e. The normalized spacial score (nSPS) is 10.7. The van der Waals surface area contributed by atoms with E-state index in [4.69, 9.17) is 10.8 Å². The second-order valence-corrected chi connectivity index (χ2v) is 3.20. The summed E-state index contributed by atoms with van der Waals surface area (Å²) in [7, 11) is 0. The zero-order valence-corrected chi connectivity index (χ0v) is 7.92. The molecule has 3 N–H and O–H groups in total. The van der Waals surface area contributed by atoms with Crippen LogP contribution in [0.3, 0.4) is 0 Å². The molecule has 0 bridgehead atoms. The molecule has 2 heterocycles. The lowest BCUT2D eigenvalue weighted by molar-refractivity contribution is -0.136. The molecule has 2 rings (SSSR count). The van der Waals surface area contributed by atoms with Crippen LogP contribution in [0.5, 0.6) is 0 Å². The minimum atomic E-state index is -0.832. The number of aryl methyl sites for hydroxylation is 1. The highest BCUT2D eigenvalue weighted by molar-refractivity contribution is 5.67. The molecule has 6 heteroatoms. The zero-order chi connectivity index (χ0) is 10.8. The average Bonchev–Trinajstić information content (AvgIpc) is 2.57. The quantitative estimate of drug-likeness (QED) is 0.754. The molecule has 0 aliphatic carbocycles. The highest BCUT2D eigenvalue weighted by Gasteiger charge is 2.06. The van der Waals surface area contributed by atoms with Crippen LogP contribution in [0.15, 0.2) is 18.6 Å². The van der Waals surface area contributed by atoms with E-state index in [1.54, 1.807) is 16.8 Å². The van der Waals surface area contributed by atoms with Crippen LogP contribution >= 0.6 is 0 Å². The fraction of sp³-hybridized carbons (Fsp3) is 0.222. The molecule has 0 unspecified atom stereocenters. The van der Waals surface area contributed by atoms with Crippen LogP contribution < -0.4 is 5.73 Å². The lowest BCUT2D eigenvalue weighted by Crippen LogP contribution is -2.01. The molecule has 0 amide bonds. The molecule has 0 atom stereocenters. The number of nitrogens with zero attached hydrogens (tertiary/aromatic N) is 3. The number of fused-ring (bicyclic) bond motifs is 1. The summed E-state index contributed by atoms with van der Waals surface area (Å²) in [6, 6.07) is 0. The van der Waals surface area contributed by atoms with Crippen molar-refractivity contribution in [1.82, 2.24) is 14.4 Å². The molecule has 6 nitrogen and oxygen atoms in total. The standard InChI is InChI=1S/C9H10N4O2/c10-6-3-11-9-12-4-7(13(9)5-6)1-2-8(14)15/h3-5H,1-2,10H2,(H,14,15). The molecule has 0 aromatic carbocycles. The number of carbonyl (C=O) groups is 1. The van der Waals surface area contributed by atoms with E-state index in [2.05, 4.69) is 9.97 Å². The van der Waals surface area contributed by atoms with E-state index in [-0.39, 0.29) is 6.42 Å². The number of carboxylic acid groups (broad SMARTS) is 1. The molecule has 0 saturated heterocycles. The van der Waals surface area contributed by atoms with Gasteiger partial charge in [0.05, 0.1) is 24.5 Å². The Hall–Kier alpha value is -2.11. The molecule has 0 spiro atoms. The van der Waals surface area contributed by atoms with Gasteiger partial charge in [0.1, 0.15) is 0 Å². The second kappa shape index (κ2) is 3.56. The van der Waals surface area contributed by atoms with Crippen LogP contribution in [0.4, 0.5) is 5.69 Å². The lowest BCUT2D eigenvalue weighted by atomic mass is 10.2. The maximum atomic E-state index is 10.4. The highest BCUT2D eigenvalue weighted by atomic mass is 16.4. The van der Waals surface area contributed by atoms with Gasteiger partial charge in [0, 0.05) is 18.3 Å². The van der Waals surface area contributed by atoms with Crippen LogP contribution in [-0.2, 0) is 11.2 Å². The maximum absolute atomic E-state index is 10.4. The van der Waals surface area contributed by atoms with Crippen molar-refractivity contribution in [3.63, 3.8) is 0 Å². The Labute approximate surface area is 85.4 Å². The molecule has 2 aromatic rings. The second-order valence-electron chi connectivity index (χ2n) is 3.20. The molecule has 0 radical (unpaired) electrons. The Morgan fingerprint density at radius 1 is 1.47 bits per heavy atom. The molecule has 2 aromatic heterocycles. The van der Waals surface area contributed by atoms with Gasteiger partial charge in [0.25, 0.3) is 0 Å². The predicted octanol–water partition coefficient (Wildman–Crippen LogP) is 0.329. The van der Waals surface area contributed by atoms with Crippen LogP contribution in [0, 0.1) is 0 Å². The van der Waals surface area contributed by atoms with Crippen molar-refractivity contribution in [3.8, 4) is 0 Å². The molecule has 15 heavy (non-hydrogen) atoms. The summed E-state index contributed by atoms with van der Waals surface area (Å²) < 4.78 is 1.71. The number of carboxylic acids is 1. The van der Waals surface area contributed by atoms with Crippen molar-refractivity contribution in [1.29, 1.82) is 0 Å². The van der Waals surface area contributed by atoms with Gasteiger partial charge in [-0.2, -0.15) is 0 Å². The van der Waals surface area contributed by atoms with Gasteiger partial charge >= 0.3 is 5.97 Å². The summed E-state index contributed by atoms with van der Waals surface area (Å²) in [6.45, 7) is 0. The first-order chi connectivity index (χ1) is 7.16. The number of aliphatic carboxylic acids is 1. The fourth-order valence-electron chi connectivity index (χ4n) is 1.36. The van der Waals surface area contributed by atoms with Crippen molar-refractivity contribution in [2.45, 2.75) is 12.8 Å². The third-order valence-electron chi connectivity index (χ3n) is 2.06. The van der Waals surface area contributed by atoms with Crippen LogP contribution in [0.25, 0.3) is 5.78 Å². The Morgan fingerprint density at radius 3 is 2.93 bits per heavy atom. The topological polar surface area (TPSA) is 93.5 Å². The number of nitrogens with two attached hydrogens (primary N) is 1. The number of imidazole rings is 1. The minimum Gasteiger partial charge on any atom is -0.481 e. The predicted molar refractivity (Wildman–Crippen MR) is 53.4 cm³/mol. The van der Waals surface area contributed by atoms with Crippen LogP contribution in [0.1, 0.15) is 12.1 Å². The van der Waals surface area contributed by atoms with E-state index in [1.165, 1.54) is 6.20 Å². The molecule has 0 aliphatic rings. The molecule has 0 aliphatic heterocycles. The summed E-state index contributed by atoms with van der Waals surface area (Å²) in [4.78, 5) is 18.5. The third kappa shape index (κ3) is 1.88. The van der Waals surface area contributed by atoms with Crippen molar-refractivity contribution < 1.29 is 9.90 Å². The molecule has 0 saturated carbocycles. The van der Waals surface area contributed by atoms with Gasteiger partial charge in [-0.3, -0.25) is 9.20 Å². The Morgan fingerprint density at radius 2 is 2.20 bits per heavy atom. The summed E-state index contributed by atoms with van der Waals surface area (Å²) >= 11 is 0. The lowest BCUT2D eigenvalue weighted by Gasteiger charge is -1.99. The first kappa shape index (κ1) is 9.45. The summed E-state index contributed by atoms with van der Waals surface area (Å²) in [6.07, 6.45) is 5.31. The number of hydrogen-bond donors (Lipinski definition) is 2. The van der Waals surface area contributed by atoms with Gasteiger partial charge < -0.3 is 10.8 Å². The number of anilines is 1. The van der Waals surface area contributed by atoms with E-state index in [9.17, 15) is 4.79 Å². The average molecular weight is 206 g/mol. The SMILES string of the molecule is Nc1cnc2ncc(CCC(=O)O)n2c1. The third-order valence-corrected chi connectivity index (χ3v) is 2.06. The van der Waals surface area contributed by atoms with Gasteiger partial charge in [-0.1, -0.05) is 0 Å². The summed E-state index contributed by atoms with van der Waals surface area (Å²) in [5.74, 6) is -0.300. The Bertz CT molecular complexity index is 506. The van der Waals surface area contributed by atoms with E-state index in [0.29, 0.717) is 17.9 Å². The van der Waals surface area contributed by atoms with E-state index in [1.807, 2.05) is 0 Å². The number of hydrogen-bond acceptors (Lipinski definition) is 4. The number of nitrogen functional groups attached to an aromatic ring is 1. The first-order valence-corrected chi connectivity index (χ1v) is 4.46. The minimum absolute atomic E-state index is 0.0720. The monoisotopic (exact) mass is 206 g/mol. The van der Waals surface area contributed by atoms with Gasteiger partial charge in [-0.15, -0.1) is 0 Å². The van der Waals surface area contributed by atoms with Crippen molar-refractivity contribution in [2.75, 3.05) is 5.73 Å². The maximum Gasteiger partial charge on any atom is 0.303 e. The zero-order valence-electron chi connectivity index (χ0n) is 7.92. The van der Waals surface area contributed by atoms with Gasteiger partial charge in [0.15, 0.2) is 0 Å². The molecule has 0 fully saturated rings. The Balaban J connectivity index is 2.35. The Kier molecular flexibility index (Phi) is 2.24. The van der Waals surface area contributed by atoms with Crippen LogP contribution in [0.2, 0.25) is 0 Å². The van der Waals surface area contributed by atoms with E-state index >= 15 is 0 Å². The number of rotatable bonds is 3. The molecular formula is C9H10N4O2. The molecule has 78 valence electrons. The first-order valence-electron chi connectivity index (χ1n) is 4.46. The van der Waals surface area contributed by atoms with Crippen LogP contribution in [-0.4, -0.2) is 25.4 Å². The van der Waals surface area contributed by atoms with Gasteiger partial charge in [0.2, 0.25) is 5.78 Å². The van der Waals surface area contributed by atoms with Crippen molar-refractivity contribution in [2.24, 2.45) is 0 Å². The summed E-state index contributed by atoms with van der Waals surface area (Å²) in [5, 5.41) is 8.57. The molecular weight excluding hydrogens is 196 g/mol. The van der Waals surface area contributed by atoms with Crippen molar-refractivity contribution in [3.05, 3.63) is 24.3 Å². The fourth-order valence-corrected chi connectivity index (χ4v) is 1.36. The number of aromatic nitrogens is 3. The van der Waals surface area contributed by atoms with Gasteiger partial charge in [-0.25, -0.2) is 9.97 Å².